The van der Waals surface area contributed by atoms with Crippen LogP contribution in [0.4, 0.5) is 11.5 Å². The van der Waals surface area contributed by atoms with Crippen LogP contribution in [0.15, 0.2) is 66.9 Å². The molecule has 10 nitrogen and oxygen atoms in total. The molecule has 1 aliphatic heterocycles. The fraction of sp³-hybridized carbons (Fsp3) is 0.207. The van der Waals surface area contributed by atoms with Gasteiger partial charge in [0.05, 0.1) is 29.9 Å². The highest BCUT2D eigenvalue weighted by Gasteiger charge is 2.23. The van der Waals surface area contributed by atoms with Gasteiger partial charge in [-0.3, -0.25) is 9.48 Å². The number of hydrogen-bond donors (Lipinski definition) is 3. The van der Waals surface area contributed by atoms with Crippen LogP contribution >= 0.6 is 0 Å². The van der Waals surface area contributed by atoms with E-state index in [2.05, 4.69) is 31.7 Å². The first-order chi connectivity index (χ1) is 19.0. The second kappa shape index (κ2) is 10.0. The molecule has 3 N–H and O–H groups in total. The van der Waals surface area contributed by atoms with Gasteiger partial charge >= 0.3 is 0 Å². The van der Waals surface area contributed by atoms with Crippen LogP contribution in [0.1, 0.15) is 16.9 Å². The predicted molar refractivity (Wildman–Crippen MR) is 150 cm³/mol. The number of phenolic OH excluding ortho intramolecular Hbond substituents is 1. The first-order valence-corrected chi connectivity index (χ1v) is 12.7. The topological polar surface area (TPSA) is 132 Å². The Morgan fingerprint density at radius 3 is 2.90 bits per heavy atom. The maximum atomic E-state index is 13.6. The third-order valence-electron chi connectivity index (χ3n) is 6.96. The van der Waals surface area contributed by atoms with Crippen molar-refractivity contribution in [3.63, 3.8) is 0 Å². The molecule has 0 radical (unpaired) electrons. The van der Waals surface area contributed by atoms with Gasteiger partial charge in [-0.25, -0.2) is 9.97 Å². The fourth-order valence-electron chi connectivity index (χ4n) is 5.01. The van der Waals surface area contributed by atoms with Crippen molar-refractivity contribution in [1.29, 1.82) is 5.26 Å². The molecule has 0 saturated carbocycles. The lowest BCUT2D eigenvalue weighted by Gasteiger charge is -2.33. The minimum absolute atomic E-state index is 0.00448. The van der Waals surface area contributed by atoms with E-state index >= 15 is 0 Å². The highest BCUT2D eigenvalue weighted by atomic mass is 16.3. The van der Waals surface area contributed by atoms with Crippen LogP contribution in [0.2, 0.25) is 0 Å². The lowest BCUT2D eigenvalue weighted by molar-refractivity contribution is 0.102. The molecule has 0 aliphatic carbocycles. The van der Waals surface area contributed by atoms with Crippen molar-refractivity contribution in [2.75, 3.05) is 29.9 Å². The number of rotatable bonds is 5. The third kappa shape index (κ3) is 4.83. The molecule has 1 atom stereocenters. The van der Waals surface area contributed by atoms with Crippen LogP contribution in [0.5, 0.6) is 5.75 Å². The Labute approximate surface area is 224 Å². The van der Waals surface area contributed by atoms with E-state index < -0.39 is 5.91 Å². The van der Waals surface area contributed by atoms with Gasteiger partial charge in [0.15, 0.2) is 5.82 Å². The van der Waals surface area contributed by atoms with Crippen molar-refractivity contribution in [1.82, 2.24) is 25.1 Å². The van der Waals surface area contributed by atoms with Gasteiger partial charge in [0.1, 0.15) is 17.3 Å². The van der Waals surface area contributed by atoms with Gasteiger partial charge < -0.3 is 20.6 Å². The molecule has 0 bridgehead atoms. The van der Waals surface area contributed by atoms with Gasteiger partial charge in [0.2, 0.25) is 0 Å². The predicted octanol–water partition coefficient (Wildman–Crippen LogP) is 3.83. The second-order valence-corrected chi connectivity index (χ2v) is 9.60. The summed E-state index contributed by atoms with van der Waals surface area (Å²) in [6, 6.07) is 20.5. The summed E-state index contributed by atoms with van der Waals surface area (Å²) in [7, 11) is 1.88. The summed E-state index contributed by atoms with van der Waals surface area (Å²) in [5.41, 5.74) is 2.43. The highest BCUT2D eigenvalue weighted by Crippen LogP contribution is 2.30. The van der Waals surface area contributed by atoms with Gasteiger partial charge in [0, 0.05) is 61.2 Å². The lowest BCUT2D eigenvalue weighted by atomic mass is 10.1. The number of amides is 1. The molecule has 2 aromatic heterocycles. The monoisotopic (exact) mass is 518 g/mol. The number of fused-ring (bicyclic) bond motifs is 2. The fourth-order valence-corrected chi connectivity index (χ4v) is 5.01. The smallest absolute Gasteiger partial charge is 0.274 e. The van der Waals surface area contributed by atoms with E-state index in [0.717, 1.165) is 27.2 Å². The summed E-state index contributed by atoms with van der Waals surface area (Å²) < 4.78 is 1.80. The Hall–Kier alpha value is -5.01. The number of nitrogens with zero attached hydrogens (tertiary/aromatic N) is 6. The summed E-state index contributed by atoms with van der Waals surface area (Å²) in [5, 5.41) is 32.6. The highest BCUT2D eigenvalue weighted by molar-refractivity contribution is 6.09. The van der Waals surface area contributed by atoms with E-state index in [-0.39, 0.29) is 17.5 Å². The first-order valence-electron chi connectivity index (χ1n) is 12.7. The van der Waals surface area contributed by atoms with E-state index in [1.807, 2.05) is 49.5 Å². The second-order valence-electron chi connectivity index (χ2n) is 9.60. The van der Waals surface area contributed by atoms with E-state index in [9.17, 15) is 15.2 Å². The van der Waals surface area contributed by atoms with Crippen molar-refractivity contribution < 1.29 is 9.90 Å². The average molecular weight is 519 g/mol. The number of phenols is 1. The molecule has 5 aromatic rings. The van der Waals surface area contributed by atoms with Gasteiger partial charge in [-0.1, -0.05) is 24.3 Å². The maximum absolute atomic E-state index is 13.6. The summed E-state index contributed by atoms with van der Waals surface area (Å²) >= 11 is 0. The zero-order chi connectivity index (χ0) is 26.9. The molecule has 1 aliphatic rings. The Bertz CT molecular complexity index is 1760. The largest absolute Gasteiger partial charge is 0.508 e. The Morgan fingerprint density at radius 2 is 2.03 bits per heavy atom. The molecule has 10 heteroatoms. The van der Waals surface area contributed by atoms with Crippen molar-refractivity contribution in [2.24, 2.45) is 7.05 Å². The first kappa shape index (κ1) is 24.3. The van der Waals surface area contributed by atoms with Crippen LogP contribution in [-0.4, -0.2) is 56.4 Å². The third-order valence-corrected chi connectivity index (χ3v) is 6.96. The SMILES string of the molecule is Cn1ncc2cc(-c3nc(C(=O)Nc4cc(O)cc5ccccc45)cc(N4CCN[C@@H](CC#N)C4)n3)ccc21. The van der Waals surface area contributed by atoms with Crippen molar-refractivity contribution in [3.05, 3.63) is 72.6 Å². The zero-order valence-electron chi connectivity index (χ0n) is 21.3. The lowest BCUT2D eigenvalue weighted by Crippen LogP contribution is -2.51. The molecule has 3 aromatic carbocycles. The van der Waals surface area contributed by atoms with Crippen molar-refractivity contribution in [2.45, 2.75) is 12.5 Å². The standard InChI is InChI=1S/C29H26N8O2/c1-36-26-7-6-19(12-20(26)16-32-36)28-33-25(15-27(35-28)37-11-10-31-21(17-37)8-9-30)29(39)34-24-14-22(38)13-18-4-2-3-5-23(18)24/h2-7,12-16,21,31,38H,8,10-11,17H2,1H3,(H,34,39)/t21-/m0/s1. The van der Waals surface area contributed by atoms with Crippen LogP contribution in [0, 0.1) is 11.3 Å². The maximum Gasteiger partial charge on any atom is 0.274 e. The molecule has 0 unspecified atom stereocenters. The molecule has 1 fully saturated rings. The summed E-state index contributed by atoms with van der Waals surface area (Å²) in [6.07, 6.45) is 2.16. The average Bonchev–Trinajstić information content (AvgIpc) is 3.33. The number of aromatic nitrogens is 4. The summed E-state index contributed by atoms with van der Waals surface area (Å²) in [5.74, 6) is 0.671. The van der Waals surface area contributed by atoms with E-state index in [1.54, 1.807) is 23.0 Å². The van der Waals surface area contributed by atoms with Crippen molar-refractivity contribution >= 4 is 39.1 Å². The van der Waals surface area contributed by atoms with Gasteiger partial charge in [-0.05, 0) is 29.7 Å². The number of benzene rings is 3. The van der Waals surface area contributed by atoms with Crippen molar-refractivity contribution in [3.8, 4) is 23.2 Å². The molecule has 39 heavy (non-hydrogen) atoms. The van der Waals surface area contributed by atoms with Crippen LogP contribution < -0.4 is 15.5 Å². The summed E-state index contributed by atoms with van der Waals surface area (Å²) in [4.78, 5) is 25.2. The number of hydrogen-bond acceptors (Lipinski definition) is 8. The molecule has 3 heterocycles. The number of aromatic hydroxyl groups is 1. The Kier molecular flexibility index (Phi) is 6.26. The molecular weight excluding hydrogens is 492 g/mol. The number of piperazine rings is 1. The zero-order valence-corrected chi connectivity index (χ0v) is 21.3. The number of carbonyl (C=O) groups is 1. The quantitative estimate of drug-likeness (QED) is 0.320. The summed E-state index contributed by atoms with van der Waals surface area (Å²) in [6.45, 7) is 1.96. The molecule has 194 valence electrons. The van der Waals surface area contributed by atoms with E-state index in [0.29, 0.717) is 43.4 Å². The minimum Gasteiger partial charge on any atom is -0.508 e. The van der Waals surface area contributed by atoms with E-state index in [1.165, 1.54) is 6.07 Å². The number of anilines is 2. The normalized spacial score (nSPS) is 15.4. The van der Waals surface area contributed by atoms with Crippen LogP contribution in [-0.2, 0) is 7.05 Å². The number of aryl methyl sites for hydroxylation is 1. The molecular formula is C29H26N8O2. The Morgan fingerprint density at radius 1 is 1.15 bits per heavy atom. The molecule has 6 rings (SSSR count). The Balaban J connectivity index is 1.41. The number of carbonyl (C=O) groups excluding carboxylic acids is 1. The number of nitrogens with one attached hydrogen (secondary N) is 2. The van der Waals surface area contributed by atoms with Gasteiger partial charge in [0.25, 0.3) is 5.91 Å². The molecule has 0 spiro atoms. The van der Waals surface area contributed by atoms with Gasteiger partial charge in [-0.2, -0.15) is 10.4 Å². The minimum atomic E-state index is -0.415. The van der Waals surface area contributed by atoms with Crippen LogP contribution in [0.25, 0.3) is 33.1 Å². The molecule has 1 amide bonds. The number of nitriles is 1. The molecule has 1 saturated heterocycles. The van der Waals surface area contributed by atoms with Gasteiger partial charge in [-0.15, -0.1) is 0 Å². The van der Waals surface area contributed by atoms with Crippen LogP contribution in [0.3, 0.4) is 0 Å². The van der Waals surface area contributed by atoms with E-state index in [4.69, 9.17) is 4.98 Å².